The van der Waals surface area contributed by atoms with Crippen molar-refractivity contribution in [2.75, 3.05) is 5.32 Å². The molecule has 1 aromatic heterocycles. The summed E-state index contributed by atoms with van der Waals surface area (Å²) in [5.74, 6) is 0.387. The normalized spacial score (nSPS) is 10.9. The van der Waals surface area contributed by atoms with Crippen LogP contribution >= 0.6 is 11.6 Å². The van der Waals surface area contributed by atoms with Crippen molar-refractivity contribution in [2.24, 2.45) is 0 Å². The van der Waals surface area contributed by atoms with Crippen LogP contribution in [-0.2, 0) is 6.54 Å². The van der Waals surface area contributed by atoms with Crippen LogP contribution < -0.4 is 5.32 Å². The molecule has 0 aliphatic carbocycles. The van der Waals surface area contributed by atoms with Gasteiger partial charge in [0.1, 0.15) is 18.0 Å². The van der Waals surface area contributed by atoms with E-state index in [0.717, 1.165) is 5.82 Å². The fourth-order valence-electron chi connectivity index (χ4n) is 1.64. The number of halogens is 2. The third-order valence-corrected chi connectivity index (χ3v) is 2.74. The van der Waals surface area contributed by atoms with Crippen molar-refractivity contribution in [1.29, 1.82) is 0 Å². The summed E-state index contributed by atoms with van der Waals surface area (Å²) in [7, 11) is 0. The molecule has 96 valence electrons. The van der Waals surface area contributed by atoms with E-state index in [-0.39, 0.29) is 11.9 Å². The van der Waals surface area contributed by atoms with Gasteiger partial charge in [-0.05, 0) is 32.0 Å². The molecule has 0 saturated carbocycles. The van der Waals surface area contributed by atoms with Gasteiger partial charge in [0, 0.05) is 11.1 Å². The largest absolute Gasteiger partial charge is 0.375 e. The van der Waals surface area contributed by atoms with Gasteiger partial charge in [-0.15, -0.1) is 0 Å². The monoisotopic (exact) mass is 268 g/mol. The van der Waals surface area contributed by atoms with Gasteiger partial charge in [-0.3, -0.25) is 0 Å². The highest BCUT2D eigenvalue weighted by molar-refractivity contribution is 6.30. The van der Waals surface area contributed by atoms with E-state index in [4.69, 9.17) is 11.6 Å². The van der Waals surface area contributed by atoms with E-state index in [2.05, 4.69) is 15.4 Å². The highest BCUT2D eigenvalue weighted by Crippen LogP contribution is 2.19. The van der Waals surface area contributed by atoms with Crippen molar-refractivity contribution in [3.63, 3.8) is 0 Å². The Morgan fingerprint density at radius 2 is 2.22 bits per heavy atom. The molecular formula is C12H14ClFN4. The van der Waals surface area contributed by atoms with Gasteiger partial charge >= 0.3 is 0 Å². The number of nitrogens with zero attached hydrogens (tertiary/aromatic N) is 3. The lowest BCUT2D eigenvalue weighted by Crippen LogP contribution is -2.12. The molecule has 4 nitrogen and oxygen atoms in total. The zero-order chi connectivity index (χ0) is 13.1. The Morgan fingerprint density at radius 3 is 2.89 bits per heavy atom. The fourth-order valence-corrected chi connectivity index (χ4v) is 1.80. The van der Waals surface area contributed by atoms with Crippen molar-refractivity contribution >= 4 is 17.3 Å². The highest BCUT2D eigenvalue weighted by atomic mass is 35.5. The Morgan fingerprint density at radius 1 is 1.44 bits per heavy atom. The molecule has 6 heteroatoms. The maximum atomic E-state index is 13.5. The molecule has 0 aliphatic heterocycles. The number of hydrogen-bond acceptors (Lipinski definition) is 3. The van der Waals surface area contributed by atoms with Crippen molar-refractivity contribution in [3.8, 4) is 0 Å². The third-order valence-electron chi connectivity index (χ3n) is 2.50. The molecule has 1 aromatic carbocycles. The Hall–Kier alpha value is -1.62. The second kappa shape index (κ2) is 5.35. The van der Waals surface area contributed by atoms with Crippen LogP contribution in [0.5, 0.6) is 0 Å². The van der Waals surface area contributed by atoms with Crippen LogP contribution in [0.2, 0.25) is 5.02 Å². The smallest absolute Gasteiger partial charge is 0.147 e. The van der Waals surface area contributed by atoms with E-state index in [0.29, 0.717) is 17.3 Å². The lowest BCUT2D eigenvalue weighted by atomic mass is 10.3. The molecule has 0 amide bonds. The maximum Gasteiger partial charge on any atom is 0.147 e. The summed E-state index contributed by atoms with van der Waals surface area (Å²) in [6.45, 7) is 4.44. The lowest BCUT2D eigenvalue weighted by Gasteiger charge is -2.11. The first kappa shape index (κ1) is 12.8. The summed E-state index contributed by atoms with van der Waals surface area (Å²) >= 11 is 5.69. The van der Waals surface area contributed by atoms with Crippen molar-refractivity contribution in [3.05, 3.63) is 41.2 Å². The van der Waals surface area contributed by atoms with Crippen LogP contribution in [0.25, 0.3) is 0 Å². The van der Waals surface area contributed by atoms with E-state index in [9.17, 15) is 4.39 Å². The molecule has 0 atom stereocenters. The van der Waals surface area contributed by atoms with Crippen LogP contribution in [0.4, 0.5) is 10.1 Å². The van der Waals surface area contributed by atoms with E-state index in [1.165, 1.54) is 12.4 Å². The number of aromatic nitrogens is 3. The van der Waals surface area contributed by atoms with E-state index >= 15 is 0 Å². The van der Waals surface area contributed by atoms with Crippen LogP contribution in [-0.4, -0.2) is 14.8 Å². The summed E-state index contributed by atoms with van der Waals surface area (Å²) in [6, 6.07) is 4.74. The average molecular weight is 269 g/mol. The van der Waals surface area contributed by atoms with Gasteiger partial charge in [0.25, 0.3) is 0 Å². The predicted molar refractivity (Wildman–Crippen MR) is 69.1 cm³/mol. The van der Waals surface area contributed by atoms with Crippen LogP contribution in [0.3, 0.4) is 0 Å². The average Bonchev–Trinajstić information content (AvgIpc) is 2.76. The number of benzene rings is 1. The molecule has 0 bridgehead atoms. The number of nitrogens with one attached hydrogen (secondary N) is 1. The quantitative estimate of drug-likeness (QED) is 0.925. The minimum Gasteiger partial charge on any atom is -0.375 e. The molecule has 0 fully saturated rings. The SMILES string of the molecule is CC(C)n1ncnc1CNc1ccc(Cl)cc1F. The van der Waals surface area contributed by atoms with Crippen LogP contribution in [0.1, 0.15) is 25.7 Å². The first-order valence-corrected chi connectivity index (χ1v) is 6.03. The number of rotatable bonds is 4. The Labute approximate surface area is 110 Å². The lowest BCUT2D eigenvalue weighted by molar-refractivity contribution is 0.508. The summed E-state index contributed by atoms with van der Waals surface area (Å²) in [5.41, 5.74) is 0.401. The Bertz CT molecular complexity index is 539. The first-order valence-electron chi connectivity index (χ1n) is 5.65. The van der Waals surface area contributed by atoms with E-state index < -0.39 is 0 Å². The molecule has 1 heterocycles. The van der Waals surface area contributed by atoms with Gasteiger partial charge in [-0.1, -0.05) is 11.6 Å². The van der Waals surface area contributed by atoms with Gasteiger partial charge < -0.3 is 5.32 Å². The highest BCUT2D eigenvalue weighted by Gasteiger charge is 2.08. The molecule has 2 rings (SSSR count). The van der Waals surface area contributed by atoms with Gasteiger partial charge in [0.05, 0.1) is 12.2 Å². The molecule has 18 heavy (non-hydrogen) atoms. The van der Waals surface area contributed by atoms with E-state index in [1.54, 1.807) is 16.8 Å². The summed E-state index contributed by atoms with van der Waals surface area (Å²) in [5, 5.41) is 7.47. The number of anilines is 1. The maximum absolute atomic E-state index is 13.5. The molecule has 0 aliphatic rings. The molecule has 1 N–H and O–H groups in total. The van der Waals surface area contributed by atoms with Crippen LogP contribution in [0, 0.1) is 5.82 Å². The summed E-state index contributed by atoms with van der Waals surface area (Å²) in [4.78, 5) is 4.14. The summed E-state index contributed by atoms with van der Waals surface area (Å²) in [6.07, 6.45) is 1.50. The van der Waals surface area contributed by atoms with Gasteiger partial charge in [-0.25, -0.2) is 14.1 Å². The fraction of sp³-hybridized carbons (Fsp3) is 0.333. The first-order chi connectivity index (χ1) is 8.58. The van der Waals surface area contributed by atoms with Crippen LogP contribution in [0.15, 0.2) is 24.5 Å². The number of hydrogen-bond donors (Lipinski definition) is 1. The Kier molecular flexibility index (Phi) is 3.81. The molecular weight excluding hydrogens is 255 g/mol. The molecule has 2 aromatic rings. The second-order valence-electron chi connectivity index (χ2n) is 4.19. The van der Waals surface area contributed by atoms with Crippen molar-refractivity contribution < 1.29 is 4.39 Å². The van der Waals surface area contributed by atoms with Crippen molar-refractivity contribution in [1.82, 2.24) is 14.8 Å². The minimum absolute atomic E-state index is 0.222. The Balaban J connectivity index is 2.09. The van der Waals surface area contributed by atoms with Gasteiger partial charge in [0.15, 0.2) is 0 Å². The van der Waals surface area contributed by atoms with E-state index in [1.807, 2.05) is 13.8 Å². The van der Waals surface area contributed by atoms with Gasteiger partial charge in [-0.2, -0.15) is 5.10 Å². The molecule has 0 unspecified atom stereocenters. The third kappa shape index (κ3) is 2.79. The second-order valence-corrected chi connectivity index (χ2v) is 4.63. The molecule has 0 radical (unpaired) electrons. The molecule has 0 saturated heterocycles. The minimum atomic E-state index is -0.377. The standard InChI is InChI=1S/C12H14ClFN4/c1-8(2)18-12(16-7-17-18)6-15-11-4-3-9(13)5-10(11)14/h3-5,7-8,15H,6H2,1-2H3. The van der Waals surface area contributed by atoms with Crippen molar-refractivity contribution in [2.45, 2.75) is 26.4 Å². The van der Waals surface area contributed by atoms with Gasteiger partial charge in [0.2, 0.25) is 0 Å². The predicted octanol–water partition coefficient (Wildman–Crippen LogP) is 3.26. The topological polar surface area (TPSA) is 42.7 Å². The zero-order valence-electron chi connectivity index (χ0n) is 10.2. The summed E-state index contributed by atoms with van der Waals surface area (Å²) < 4.78 is 15.3. The zero-order valence-corrected chi connectivity index (χ0v) is 10.9. The molecule has 0 spiro atoms.